The Morgan fingerprint density at radius 3 is 2.35 bits per heavy atom. The van der Waals surface area contributed by atoms with Gasteiger partial charge in [0.2, 0.25) is 0 Å². The quantitative estimate of drug-likeness (QED) is 0.626. The van der Waals surface area contributed by atoms with Gasteiger partial charge in [-0.1, -0.05) is 30.7 Å². The Morgan fingerprint density at radius 1 is 0.968 bits per heavy atom. The van der Waals surface area contributed by atoms with Crippen LogP contribution in [-0.2, 0) is 9.53 Å². The van der Waals surface area contributed by atoms with E-state index in [-0.39, 0.29) is 23.3 Å². The van der Waals surface area contributed by atoms with Gasteiger partial charge in [0.05, 0.1) is 11.5 Å². The van der Waals surface area contributed by atoms with Crippen LogP contribution in [0.1, 0.15) is 62.2 Å². The predicted octanol–water partition coefficient (Wildman–Crippen LogP) is 5.74. The summed E-state index contributed by atoms with van der Waals surface area (Å²) in [5, 5.41) is 11.3. The first kappa shape index (κ1) is 20.5. The summed E-state index contributed by atoms with van der Waals surface area (Å²) in [6.07, 6.45) is 6.27. The Balaban J connectivity index is 1.54. The molecule has 162 valence electrons. The first-order chi connectivity index (χ1) is 14.9. The van der Waals surface area contributed by atoms with Crippen molar-refractivity contribution in [1.82, 2.24) is 0 Å². The fourth-order valence-corrected chi connectivity index (χ4v) is 5.75. The Kier molecular flexibility index (Phi) is 5.06. The molecule has 0 unspecified atom stereocenters. The predicted molar refractivity (Wildman–Crippen MR) is 113 cm³/mol. The molecule has 2 saturated carbocycles. The number of hydrogen-bond acceptors (Lipinski definition) is 3. The second-order valence-electron chi connectivity index (χ2n) is 9.25. The summed E-state index contributed by atoms with van der Waals surface area (Å²) in [4.78, 5) is 13.8. The lowest BCUT2D eigenvalue weighted by Gasteiger charge is -2.53. The molecule has 2 aliphatic carbocycles. The zero-order chi connectivity index (χ0) is 21.6. The van der Waals surface area contributed by atoms with Crippen molar-refractivity contribution in [2.75, 3.05) is 0 Å². The van der Waals surface area contributed by atoms with E-state index in [0.717, 1.165) is 30.4 Å². The van der Waals surface area contributed by atoms with E-state index in [0.29, 0.717) is 31.3 Å². The van der Waals surface area contributed by atoms with E-state index in [2.05, 4.69) is 0 Å². The van der Waals surface area contributed by atoms with Gasteiger partial charge in [-0.05, 0) is 79.1 Å². The summed E-state index contributed by atoms with van der Waals surface area (Å²) in [6.45, 7) is 0. The van der Waals surface area contributed by atoms with Crippen LogP contribution in [0.15, 0.2) is 54.1 Å². The zero-order valence-electron chi connectivity index (χ0n) is 17.3. The SMILES string of the molecule is O=C1/C(=C/c2ccc(F)cc2)CC[C@]12C[C@@H]1CCCC[C@]1(O)O[C@@H]2c1ccc(F)cc1. The molecular weight excluding hydrogens is 398 g/mol. The smallest absolute Gasteiger partial charge is 0.169 e. The van der Waals surface area contributed by atoms with Crippen molar-refractivity contribution < 1.29 is 23.4 Å². The number of ketones is 1. The second kappa shape index (κ2) is 7.64. The highest BCUT2D eigenvalue weighted by Gasteiger charge is 2.61. The van der Waals surface area contributed by atoms with E-state index in [1.165, 1.54) is 24.3 Å². The summed E-state index contributed by atoms with van der Waals surface area (Å²) in [6, 6.07) is 12.1. The summed E-state index contributed by atoms with van der Waals surface area (Å²) in [7, 11) is 0. The van der Waals surface area contributed by atoms with E-state index in [1.807, 2.05) is 6.08 Å². The minimum absolute atomic E-state index is 0.0266. The maximum absolute atomic E-state index is 13.8. The third kappa shape index (κ3) is 3.54. The van der Waals surface area contributed by atoms with Gasteiger partial charge in [-0.3, -0.25) is 4.79 Å². The van der Waals surface area contributed by atoms with Crippen molar-refractivity contribution >= 4 is 11.9 Å². The van der Waals surface area contributed by atoms with Crippen molar-refractivity contribution in [3.05, 3.63) is 76.9 Å². The summed E-state index contributed by atoms with van der Waals surface area (Å²) in [5.74, 6) is -1.97. The van der Waals surface area contributed by atoms with Gasteiger partial charge in [-0.2, -0.15) is 0 Å². The molecule has 2 aromatic rings. The van der Waals surface area contributed by atoms with E-state index < -0.39 is 17.3 Å². The van der Waals surface area contributed by atoms with Crippen LogP contribution in [0.4, 0.5) is 8.78 Å². The average Bonchev–Trinajstić information content (AvgIpc) is 3.06. The molecule has 1 spiro atoms. The number of Topliss-reactive ketones (excluding diaryl/α,β-unsaturated/α-hetero) is 1. The average molecular weight is 424 g/mol. The number of carbonyl (C=O) groups is 1. The number of aliphatic hydroxyl groups is 1. The van der Waals surface area contributed by atoms with Crippen LogP contribution in [0.2, 0.25) is 0 Å². The van der Waals surface area contributed by atoms with E-state index in [4.69, 9.17) is 4.74 Å². The van der Waals surface area contributed by atoms with Gasteiger partial charge in [0, 0.05) is 12.3 Å². The van der Waals surface area contributed by atoms with Crippen molar-refractivity contribution in [2.45, 2.75) is 56.8 Å². The Hall–Kier alpha value is -2.37. The third-order valence-corrected chi connectivity index (χ3v) is 7.38. The Bertz CT molecular complexity index is 1010. The minimum atomic E-state index is -1.24. The number of ether oxygens (including phenoxy) is 1. The maximum atomic E-state index is 13.8. The zero-order valence-corrected chi connectivity index (χ0v) is 17.3. The highest BCUT2D eigenvalue weighted by Crippen LogP contribution is 2.60. The second-order valence-corrected chi connectivity index (χ2v) is 9.25. The first-order valence-corrected chi connectivity index (χ1v) is 11.1. The summed E-state index contributed by atoms with van der Waals surface area (Å²) < 4.78 is 33.2. The molecule has 3 fully saturated rings. The molecule has 5 heteroatoms. The number of allylic oxidation sites excluding steroid dienone is 1. The third-order valence-electron chi connectivity index (χ3n) is 7.38. The Morgan fingerprint density at radius 2 is 1.65 bits per heavy atom. The van der Waals surface area contributed by atoms with Crippen molar-refractivity contribution in [3.63, 3.8) is 0 Å². The van der Waals surface area contributed by atoms with Crippen LogP contribution < -0.4 is 0 Å². The number of benzene rings is 2. The highest BCUT2D eigenvalue weighted by atomic mass is 19.1. The topological polar surface area (TPSA) is 46.5 Å². The molecule has 1 saturated heterocycles. The van der Waals surface area contributed by atoms with Crippen LogP contribution in [0.25, 0.3) is 6.08 Å². The van der Waals surface area contributed by atoms with E-state index in [1.54, 1.807) is 24.3 Å². The van der Waals surface area contributed by atoms with Crippen molar-refractivity contribution in [2.24, 2.45) is 11.3 Å². The van der Waals surface area contributed by atoms with Crippen molar-refractivity contribution in [3.8, 4) is 0 Å². The molecule has 31 heavy (non-hydrogen) atoms. The standard InChI is InChI=1S/C26H26F2O3/c27-21-8-4-17(5-9-21)15-19-12-14-25(23(19)29)16-20-3-1-2-13-26(20,30)31-24(25)18-6-10-22(28)11-7-18/h4-11,15,20,24,30H,1-3,12-14,16H2/b19-15+/t20-,24+,25-,26-/m0/s1. The molecule has 2 aromatic carbocycles. The number of fused-ring (bicyclic) bond motifs is 1. The molecule has 1 N–H and O–H groups in total. The molecule has 0 bridgehead atoms. The lowest BCUT2D eigenvalue weighted by Crippen LogP contribution is -2.55. The van der Waals surface area contributed by atoms with Gasteiger partial charge in [0.25, 0.3) is 0 Å². The molecule has 0 aromatic heterocycles. The molecule has 3 aliphatic rings. The van der Waals surface area contributed by atoms with Crippen LogP contribution in [0.5, 0.6) is 0 Å². The largest absolute Gasteiger partial charge is 0.365 e. The van der Waals surface area contributed by atoms with Crippen LogP contribution in [0, 0.1) is 23.0 Å². The number of hydrogen-bond donors (Lipinski definition) is 1. The molecule has 4 atom stereocenters. The van der Waals surface area contributed by atoms with Gasteiger partial charge in [-0.25, -0.2) is 8.78 Å². The van der Waals surface area contributed by atoms with Crippen LogP contribution in [-0.4, -0.2) is 16.7 Å². The maximum Gasteiger partial charge on any atom is 0.169 e. The first-order valence-electron chi connectivity index (χ1n) is 11.1. The van der Waals surface area contributed by atoms with Gasteiger partial charge in [0.1, 0.15) is 11.6 Å². The van der Waals surface area contributed by atoms with Gasteiger partial charge in [0.15, 0.2) is 11.6 Å². The normalized spacial score (nSPS) is 34.3. The fraction of sp³-hybridized carbons (Fsp3) is 0.423. The lowest BCUT2D eigenvalue weighted by atomic mass is 9.63. The number of halogens is 2. The molecule has 3 nitrogen and oxygen atoms in total. The Labute approximate surface area is 180 Å². The lowest BCUT2D eigenvalue weighted by molar-refractivity contribution is -0.323. The van der Waals surface area contributed by atoms with Crippen LogP contribution >= 0.6 is 0 Å². The molecule has 0 amide bonds. The summed E-state index contributed by atoms with van der Waals surface area (Å²) in [5.41, 5.74) is 1.42. The van der Waals surface area contributed by atoms with E-state index >= 15 is 0 Å². The molecule has 5 rings (SSSR count). The molecular formula is C26H26F2O3. The van der Waals surface area contributed by atoms with Crippen molar-refractivity contribution in [1.29, 1.82) is 0 Å². The number of carbonyl (C=O) groups excluding carboxylic acids is 1. The van der Waals surface area contributed by atoms with Gasteiger partial charge < -0.3 is 9.84 Å². The monoisotopic (exact) mass is 424 g/mol. The molecule has 1 heterocycles. The highest BCUT2D eigenvalue weighted by molar-refractivity contribution is 6.06. The van der Waals surface area contributed by atoms with E-state index in [9.17, 15) is 18.7 Å². The summed E-state index contributed by atoms with van der Waals surface area (Å²) >= 11 is 0. The molecule has 0 radical (unpaired) electrons. The van der Waals surface area contributed by atoms with Gasteiger partial charge >= 0.3 is 0 Å². The van der Waals surface area contributed by atoms with Gasteiger partial charge in [-0.15, -0.1) is 0 Å². The fourth-order valence-electron chi connectivity index (χ4n) is 5.75. The minimum Gasteiger partial charge on any atom is -0.365 e. The molecule has 1 aliphatic heterocycles. The number of rotatable bonds is 2. The van der Waals surface area contributed by atoms with Crippen LogP contribution in [0.3, 0.4) is 0 Å².